The quantitative estimate of drug-likeness (QED) is 0.871. The number of para-hydroxylation sites is 1. The van der Waals surface area contributed by atoms with Gasteiger partial charge in [0.15, 0.2) is 0 Å². The number of piperazine rings is 1. The number of hydrogen-bond acceptors (Lipinski definition) is 5. The van der Waals surface area contributed by atoms with Gasteiger partial charge in [0.25, 0.3) is 0 Å². The summed E-state index contributed by atoms with van der Waals surface area (Å²) in [5.41, 5.74) is 1.59. The standard InChI is InChI=1S/C18H19ClN4OS/c19-15-3-1-2-4-16(15)23-10-8-22(9-11-23)7-5-17(24)21-18-14(13-20)6-12-25-18/h1-4,6,12H,5,7-11H2,(H,21,24). The maximum atomic E-state index is 12.1. The number of rotatable bonds is 5. The van der Waals surface area contributed by atoms with Crippen LogP contribution in [0, 0.1) is 11.3 Å². The lowest BCUT2D eigenvalue weighted by Gasteiger charge is -2.36. The highest BCUT2D eigenvalue weighted by Gasteiger charge is 2.19. The van der Waals surface area contributed by atoms with E-state index >= 15 is 0 Å². The van der Waals surface area contributed by atoms with Gasteiger partial charge in [-0.15, -0.1) is 11.3 Å². The first kappa shape index (κ1) is 17.7. The average molecular weight is 375 g/mol. The van der Waals surface area contributed by atoms with Crippen molar-refractivity contribution in [3.63, 3.8) is 0 Å². The number of amides is 1. The van der Waals surface area contributed by atoms with Crippen molar-refractivity contribution in [2.75, 3.05) is 42.9 Å². The first-order valence-electron chi connectivity index (χ1n) is 8.16. The predicted octanol–water partition coefficient (Wildman–Crippen LogP) is 3.42. The summed E-state index contributed by atoms with van der Waals surface area (Å²) in [4.78, 5) is 16.6. The van der Waals surface area contributed by atoms with Gasteiger partial charge in [-0.3, -0.25) is 9.69 Å². The Balaban J connectivity index is 1.44. The zero-order valence-electron chi connectivity index (χ0n) is 13.7. The van der Waals surface area contributed by atoms with Crippen LogP contribution in [0.15, 0.2) is 35.7 Å². The maximum Gasteiger partial charge on any atom is 0.226 e. The summed E-state index contributed by atoms with van der Waals surface area (Å²) in [5.74, 6) is -0.0486. The molecule has 1 amide bonds. The number of nitriles is 1. The number of nitrogens with one attached hydrogen (secondary N) is 1. The molecule has 1 saturated heterocycles. The van der Waals surface area contributed by atoms with E-state index in [-0.39, 0.29) is 5.91 Å². The van der Waals surface area contributed by atoms with Gasteiger partial charge in [0.1, 0.15) is 11.1 Å². The molecule has 1 aliphatic heterocycles. The molecule has 2 heterocycles. The number of anilines is 2. The van der Waals surface area contributed by atoms with E-state index in [1.165, 1.54) is 11.3 Å². The smallest absolute Gasteiger partial charge is 0.226 e. The number of nitrogens with zero attached hydrogens (tertiary/aromatic N) is 3. The van der Waals surface area contributed by atoms with Crippen LogP contribution in [0.2, 0.25) is 5.02 Å². The van der Waals surface area contributed by atoms with Gasteiger partial charge in [-0.05, 0) is 23.6 Å². The Kier molecular flexibility index (Phi) is 5.92. The van der Waals surface area contributed by atoms with Gasteiger partial charge in [-0.25, -0.2) is 0 Å². The molecule has 0 radical (unpaired) electrons. The topological polar surface area (TPSA) is 59.4 Å². The number of carbonyl (C=O) groups excluding carboxylic acids is 1. The van der Waals surface area contributed by atoms with E-state index in [4.69, 9.17) is 16.9 Å². The summed E-state index contributed by atoms with van der Waals surface area (Å²) < 4.78 is 0. The summed E-state index contributed by atoms with van der Waals surface area (Å²) in [6, 6.07) is 11.7. The molecule has 1 fully saturated rings. The van der Waals surface area contributed by atoms with Crippen molar-refractivity contribution in [3.05, 3.63) is 46.3 Å². The Hall–Kier alpha value is -2.07. The van der Waals surface area contributed by atoms with Gasteiger partial charge >= 0.3 is 0 Å². The Morgan fingerprint density at radius 3 is 2.72 bits per heavy atom. The highest BCUT2D eigenvalue weighted by atomic mass is 35.5. The Labute approximate surface area is 156 Å². The zero-order valence-corrected chi connectivity index (χ0v) is 15.3. The van der Waals surface area contributed by atoms with Crippen LogP contribution in [0.1, 0.15) is 12.0 Å². The molecule has 1 aromatic heterocycles. The molecule has 2 aromatic rings. The molecule has 0 atom stereocenters. The molecule has 0 spiro atoms. The van der Waals surface area contributed by atoms with Crippen LogP contribution in [0.5, 0.6) is 0 Å². The van der Waals surface area contributed by atoms with E-state index in [0.29, 0.717) is 17.0 Å². The van der Waals surface area contributed by atoms with Crippen molar-refractivity contribution >= 4 is 39.5 Å². The van der Waals surface area contributed by atoms with E-state index in [1.807, 2.05) is 29.6 Å². The van der Waals surface area contributed by atoms with Crippen molar-refractivity contribution in [1.29, 1.82) is 5.26 Å². The molecular formula is C18H19ClN4OS. The van der Waals surface area contributed by atoms with Crippen molar-refractivity contribution < 1.29 is 4.79 Å². The fourth-order valence-electron chi connectivity index (χ4n) is 2.86. The largest absolute Gasteiger partial charge is 0.368 e. The van der Waals surface area contributed by atoms with Gasteiger partial charge in [0.2, 0.25) is 5.91 Å². The molecular weight excluding hydrogens is 356 g/mol. The molecule has 5 nitrogen and oxygen atoms in total. The van der Waals surface area contributed by atoms with E-state index in [0.717, 1.165) is 43.4 Å². The third-order valence-electron chi connectivity index (χ3n) is 4.26. The van der Waals surface area contributed by atoms with Crippen molar-refractivity contribution in [2.24, 2.45) is 0 Å². The summed E-state index contributed by atoms with van der Waals surface area (Å²) in [6.07, 6.45) is 0.425. The second-order valence-corrected chi connectivity index (χ2v) is 7.18. The van der Waals surface area contributed by atoms with Crippen LogP contribution >= 0.6 is 22.9 Å². The number of hydrogen-bond donors (Lipinski definition) is 1. The van der Waals surface area contributed by atoms with Gasteiger partial charge in [0.05, 0.1) is 16.3 Å². The highest BCUT2D eigenvalue weighted by Crippen LogP contribution is 2.26. The van der Waals surface area contributed by atoms with Crippen LogP contribution in [0.25, 0.3) is 0 Å². The Morgan fingerprint density at radius 1 is 1.24 bits per heavy atom. The highest BCUT2D eigenvalue weighted by molar-refractivity contribution is 7.14. The van der Waals surface area contributed by atoms with Crippen LogP contribution in [-0.4, -0.2) is 43.5 Å². The second-order valence-electron chi connectivity index (χ2n) is 5.85. The number of benzene rings is 1. The lowest BCUT2D eigenvalue weighted by atomic mass is 10.2. The number of thiophene rings is 1. The van der Waals surface area contributed by atoms with Gasteiger partial charge in [-0.2, -0.15) is 5.26 Å². The third kappa shape index (κ3) is 4.51. The molecule has 130 valence electrons. The average Bonchev–Trinajstić information content (AvgIpc) is 3.08. The van der Waals surface area contributed by atoms with Gasteiger partial charge < -0.3 is 10.2 Å². The summed E-state index contributed by atoms with van der Waals surface area (Å²) in [5, 5.41) is 15.0. The molecule has 0 unspecified atom stereocenters. The monoisotopic (exact) mass is 374 g/mol. The van der Waals surface area contributed by atoms with Gasteiger partial charge in [0, 0.05) is 39.1 Å². The normalized spacial score (nSPS) is 15.0. The fraction of sp³-hybridized carbons (Fsp3) is 0.333. The summed E-state index contributed by atoms with van der Waals surface area (Å²) in [6.45, 7) is 4.32. The van der Waals surface area contributed by atoms with Crippen molar-refractivity contribution in [2.45, 2.75) is 6.42 Å². The second kappa shape index (κ2) is 8.34. The minimum Gasteiger partial charge on any atom is -0.368 e. The van der Waals surface area contributed by atoms with E-state index in [2.05, 4.69) is 21.2 Å². The Morgan fingerprint density at radius 2 is 2.00 bits per heavy atom. The molecule has 25 heavy (non-hydrogen) atoms. The Bertz CT molecular complexity index is 777. The molecule has 0 aliphatic carbocycles. The van der Waals surface area contributed by atoms with Crippen LogP contribution in [0.4, 0.5) is 10.7 Å². The minimum absolute atomic E-state index is 0.0486. The summed E-state index contributed by atoms with van der Waals surface area (Å²) in [7, 11) is 0. The van der Waals surface area contributed by atoms with Crippen molar-refractivity contribution in [3.8, 4) is 6.07 Å². The lowest BCUT2D eigenvalue weighted by molar-refractivity contribution is -0.116. The zero-order chi connectivity index (χ0) is 17.6. The van der Waals surface area contributed by atoms with Gasteiger partial charge in [-0.1, -0.05) is 23.7 Å². The molecule has 1 N–H and O–H groups in total. The molecule has 1 aromatic carbocycles. The molecule has 0 saturated carbocycles. The van der Waals surface area contributed by atoms with E-state index in [1.54, 1.807) is 6.07 Å². The molecule has 7 heteroatoms. The number of carbonyl (C=O) groups is 1. The summed E-state index contributed by atoms with van der Waals surface area (Å²) >= 11 is 7.63. The third-order valence-corrected chi connectivity index (χ3v) is 5.41. The van der Waals surface area contributed by atoms with Crippen LogP contribution < -0.4 is 10.2 Å². The maximum absolute atomic E-state index is 12.1. The van der Waals surface area contributed by atoms with E-state index < -0.39 is 0 Å². The van der Waals surface area contributed by atoms with Crippen LogP contribution in [-0.2, 0) is 4.79 Å². The van der Waals surface area contributed by atoms with E-state index in [9.17, 15) is 4.79 Å². The number of halogens is 1. The first-order valence-corrected chi connectivity index (χ1v) is 9.42. The fourth-order valence-corrected chi connectivity index (χ4v) is 3.87. The lowest BCUT2D eigenvalue weighted by Crippen LogP contribution is -2.47. The minimum atomic E-state index is -0.0486. The van der Waals surface area contributed by atoms with Crippen LogP contribution in [0.3, 0.4) is 0 Å². The SMILES string of the molecule is N#Cc1ccsc1NC(=O)CCN1CCN(c2ccccc2Cl)CC1. The predicted molar refractivity (Wildman–Crippen MR) is 102 cm³/mol. The molecule has 3 rings (SSSR count). The molecule has 0 bridgehead atoms. The molecule has 1 aliphatic rings. The first-order chi connectivity index (χ1) is 12.2. The van der Waals surface area contributed by atoms with Crippen molar-refractivity contribution in [1.82, 2.24) is 4.90 Å².